The van der Waals surface area contributed by atoms with Crippen molar-refractivity contribution in [3.8, 4) is 17.2 Å². The van der Waals surface area contributed by atoms with Crippen LogP contribution in [0.4, 0.5) is 17.6 Å². The van der Waals surface area contributed by atoms with Gasteiger partial charge < -0.3 is 16.0 Å². The summed E-state index contributed by atoms with van der Waals surface area (Å²) in [5, 5.41) is 8.85. The Hall–Kier alpha value is -2.81. The molecule has 0 aliphatic rings. The van der Waals surface area contributed by atoms with Gasteiger partial charge in [-0.15, -0.1) is 0 Å². The number of hydrogen-bond donors (Lipinski definition) is 1. The number of ether oxygens (including phenoxy) is 2. The summed E-state index contributed by atoms with van der Waals surface area (Å²) in [4.78, 5) is 10.8. The Labute approximate surface area is 211 Å². The third-order valence-corrected chi connectivity index (χ3v) is 4.29. The van der Waals surface area contributed by atoms with Crippen LogP contribution >= 0.6 is 0 Å². The number of halogens is 4. The molecule has 0 aliphatic carbocycles. The first-order valence-corrected chi connectivity index (χ1v) is 9.45. The van der Waals surface area contributed by atoms with Crippen LogP contribution in [-0.4, -0.2) is 17.7 Å². The Kier molecular flexibility index (Phi) is 9.52. The molecule has 0 fully saturated rings. The normalized spacial score (nSPS) is 11.2. The van der Waals surface area contributed by atoms with Crippen LogP contribution in [0, 0.1) is 5.82 Å². The van der Waals surface area contributed by atoms with Gasteiger partial charge in [-0.05, 0) is 54.1 Å². The van der Waals surface area contributed by atoms with Gasteiger partial charge in [-0.25, -0.2) is 4.39 Å². The monoisotopic (exact) mass is 470 g/mol. The Morgan fingerprint density at radius 3 is 2.30 bits per heavy atom. The molecule has 0 bridgehead atoms. The number of carboxylic acids is 1. The molecule has 33 heavy (non-hydrogen) atoms. The molecule has 9 heteroatoms. The van der Waals surface area contributed by atoms with E-state index < -0.39 is 29.9 Å². The topological polar surface area (TPSA) is 55.8 Å². The zero-order valence-corrected chi connectivity index (χ0v) is 19.6. The minimum absolute atomic E-state index is 0. The smallest absolute Gasteiger partial charge is 1.00 e. The standard InChI is InChI=1S/C24H18F4O4.Na.H/c25-22-11-10-21(13-17(22)14-23(29)30)32-20-5-1-4-19(15-20)31-12-2-3-16-6-8-18(9-7-16)24(26,27)28;;/h1-11,13,15H,12,14H2,(H,29,30);;/q;+1;-1/b3-2+;;. The molecule has 0 saturated carbocycles. The average molecular weight is 470 g/mol. The van der Waals surface area contributed by atoms with E-state index in [1.807, 2.05) is 0 Å². The van der Waals surface area contributed by atoms with Crippen LogP contribution in [0.15, 0.2) is 72.8 Å². The molecule has 168 valence electrons. The SMILES string of the molecule is O=C(O)Cc1cc(Oc2cccc(OC/C=C/c3ccc(C(F)(F)F)cc3)c2)ccc1F.[H-].[Na+]. The molecule has 0 saturated heterocycles. The van der Waals surface area contributed by atoms with Gasteiger partial charge in [0.1, 0.15) is 29.7 Å². The predicted molar refractivity (Wildman–Crippen MR) is 111 cm³/mol. The van der Waals surface area contributed by atoms with Crippen molar-refractivity contribution in [1.29, 1.82) is 0 Å². The van der Waals surface area contributed by atoms with Crippen LogP contribution < -0.4 is 39.0 Å². The summed E-state index contributed by atoms with van der Waals surface area (Å²) in [6, 6.07) is 15.3. The maximum Gasteiger partial charge on any atom is 1.00 e. The van der Waals surface area contributed by atoms with Crippen LogP contribution in [0.5, 0.6) is 17.2 Å². The number of hydrogen-bond acceptors (Lipinski definition) is 3. The van der Waals surface area contributed by atoms with Gasteiger partial charge in [0.25, 0.3) is 0 Å². The van der Waals surface area contributed by atoms with E-state index in [9.17, 15) is 22.4 Å². The molecule has 0 aromatic heterocycles. The molecule has 0 heterocycles. The van der Waals surface area contributed by atoms with Crippen molar-refractivity contribution in [1.82, 2.24) is 0 Å². The fourth-order valence-corrected chi connectivity index (χ4v) is 2.79. The third kappa shape index (κ3) is 8.24. The van der Waals surface area contributed by atoms with E-state index >= 15 is 0 Å². The summed E-state index contributed by atoms with van der Waals surface area (Å²) in [6.45, 7) is 0.170. The molecule has 0 radical (unpaired) electrons. The second-order valence-electron chi connectivity index (χ2n) is 6.73. The second kappa shape index (κ2) is 11.9. The summed E-state index contributed by atoms with van der Waals surface area (Å²) in [5.41, 5.74) is -0.0954. The zero-order chi connectivity index (χ0) is 23.1. The molecule has 0 aliphatic heterocycles. The van der Waals surface area contributed by atoms with Gasteiger partial charge in [-0.1, -0.05) is 24.3 Å². The van der Waals surface area contributed by atoms with Crippen LogP contribution in [-0.2, 0) is 17.4 Å². The van der Waals surface area contributed by atoms with Gasteiger partial charge in [-0.2, -0.15) is 13.2 Å². The van der Waals surface area contributed by atoms with E-state index in [1.165, 1.54) is 24.3 Å². The van der Waals surface area contributed by atoms with Crippen LogP contribution in [0.1, 0.15) is 18.1 Å². The van der Waals surface area contributed by atoms with Gasteiger partial charge in [0, 0.05) is 11.6 Å². The van der Waals surface area contributed by atoms with Crippen LogP contribution in [0.3, 0.4) is 0 Å². The van der Waals surface area contributed by atoms with E-state index in [2.05, 4.69) is 0 Å². The van der Waals surface area contributed by atoms with Gasteiger partial charge in [0.05, 0.1) is 12.0 Å². The van der Waals surface area contributed by atoms with Crippen molar-refractivity contribution < 1.29 is 67.9 Å². The van der Waals surface area contributed by atoms with E-state index in [1.54, 1.807) is 36.4 Å². The average Bonchev–Trinajstić information content (AvgIpc) is 2.73. The van der Waals surface area contributed by atoms with Crippen molar-refractivity contribution in [2.24, 2.45) is 0 Å². The number of alkyl halides is 3. The van der Waals surface area contributed by atoms with Crippen molar-refractivity contribution in [3.63, 3.8) is 0 Å². The van der Waals surface area contributed by atoms with Crippen LogP contribution in [0.2, 0.25) is 0 Å². The molecular formula is C24H19F4NaO4. The maximum atomic E-state index is 13.7. The molecule has 3 rings (SSSR count). The first kappa shape index (κ1) is 26.4. The Morgan fingerprint density at radius 2 is 1.64 bits per heavy atom. The largest absolute Gasteiger partial charge is 1.00 e. The van der Waals surface area contributed by atoms with E-state index in [-0.39, 0.29) is 48.9 Å². The van der Waals surface area contributed by atoms with Crippen molar-refractivity contribution in [3.05, 3.63) is 95.3 Å². The number of rotatable bonds is 8. The van der Waals surface area contributed by atoms with Crippen molar-refractivity contribution >= 4 is 12.0 Å². The van der Waals surface area contributed by atoms with Gasteiger partial charge in [0.15, 0.2) is 0 Å². The van der Waals surface area contributed by atoms with Crippen molar-refractivity contribution in [2.45, 2.75) is 12.6 Å². The Balaban J connectivity index is 0.00000289. The number of carbonyl (C=O) groups is 1. The van der Waals surface area contributed by atoms with Gasteiger partial charge in [-0.3, -0.25) is 4.79 Å². The minimum Gasteiger partial charge on any atom is -1.00 e. The van der Waals surface area contributed by atoms with E-state index in [4.69, 9.17) is 14.6 Å². The van der Waals surface area contributed by atoms with Gasteiger partial charge >= 0.3 is 41.7 Å². The Morgan fingerprint density at radius 1 is 0.970 bits per heavy atom. The second-order valence-corrected chi connectivity index (χ2v) is 6.73. The summed E-state index contributed by atoms with van der Waals surface area (Å²) < 4.78 is 62.7. The van der Waals surface area contributed by atoms with Gasteiger partial charge in [0.2, 0.25) is 0 Å². The summed E-state index contributed by atoms with van der Waals surface area (Å²) in [6.07, 6.45) is -1.53. The summed E-state index contributed by atoms with van der Waals surface area (Å²) in [5.74, 6) is -0.617. The molecule has 0 spiro atoms. The molecule has 0 amide bonds. The maximum absolute atomic E-state index is 13.7. The fraction of sp³-hybridized carbons (Fsp3) is 0.125. The van der Waals surface area contributed by atoms with E-state index in [0.717, 1.165) is 18.2 Å². The van der Waals surface area contributed by atoms with Crippen molar-refractivity contribution in [2.75, 3.05) is 6.61 Å². The summed E-state index contributed by atoms with van der Waals surface area (Å²) >= 11 is 0. The van der Waals surface area contributed by atoms with Crippen LogP contribution in [0.25, 0.3) is 6.08 Å². The molecule has 3 aromatic rings. The quantitative estimate of drug-likeness (QED) is 0.405. The van der Waals surface area contributed by atoms with E-state index in [0.29, 0.717) is 17.1 Å². The molecule has 0 atom stereocenters. The fourth-order valence-electron chi connectivity index (χ4n) is 2.79. The number of carboxylic acid groups (broad SMARTS) is 1. The number of aliphatic carboxylic acids is 1. The molecule has 3 aromatic carbocycles. The summed E-state index contributed by atoms with van der Waals surface area (Å²) in [7, 11) is 0. The first-order chi connectivity index (χ1) is 15.2. The molecule has 0 unspecified atom stereocenters. The minimum atomic E-state index is -4.37. The molecule has 4 nitrogen and oxygen atoms in total. The molecular weight excluding hydrogens is 451 g/mol. The first-order valence-electron chi connectivity index (χ1n) is 9.45. The Bertz CT molecular complexity index is 1120. The number of benzene rings is 3. The zero-order valence-electron chi connectivity index (χ0n) is 18.6. The third-order valence-electron chi connectivity index (χ3n) is 4.29. The molecule has 1 N–H and O–H groups in total. The predicted octanol–water partition coefficient (Wildman–Crippen LogP) is 3.47.